The fraction of sp³-hybridized carbons (Fsp3) is 0.0556. The van der Waals surface area contributed by atoms with Gasteiger partial charge >= 0.3 is 0 Å². The number of hydrogen-bond donors (Lipinski definition) is 1. The molecule has 0 aliphatic rings. The zero-order valence-corrected chi connectivity index (χ0v) is 15.4. The van der Waals surface area contributed by atoms with Crippen molar-refractivity contribution < 1.29 is 13.2 Å². The van der Waals surface area contributed by atoms with Gasteiger partial charge in [0, 0.05) is 11.3 Å². The lowest BCUT2D eigenvalue weighted by molar-refractivity contribution is 0.573. The molecule has 2 heterocycles. The Morgan fingerprint density at radius 2 is 1.85 bits per heavy atom. The summed E-state index contributed by atoms with van der Waals surface area (Å²) in [5.41, 5.74) is 1.80. The van der Waals surface area contributed by atoms with Crippen LogP contribution in [0.1, 0.15) is 5.69 Å². The van der Waals surface area contributed by atoms with Gasteiger partial charge in [0.05, 0.1) is 11.4 Å². The maximum atomic E-state index is 13.7. The number of anilines is 2. The van der Waals surface area contributed by atoms with Gasteiger partial charge in [0.2, 0.25) is 11.0 Å². The minimum absolute atomic E-state index is 0.308. The molecule has 0 saturated heterocycles. The molecule has 0 radical (unpaired) electrons. The van der Waals surface area contributed by atoms with Gasteiger partial charge in [-0.15, -0.1) is 10.2 Å². The van der Waals surface area contributed by atoms with Gasteiger partial charge in [0.15, 0.2) is 4.34 Å². The third-order valence-electron chi connectivity index (χ3n) is 3.51. The van der Waals surface area contributed by atoms with Gasteiger partial charge in [-0.25, -0.2) is 13.8 Å². The average Bonchev–Trinajstić information content (AvgIpc) is 3.32. The molecule has 0 aliphatic heterocycles. The van der Waals surface area contributed by atoms with Crippen LogP contribution in [-0.2, 0) is 5.75 Å². The van der Waals surface area contributed by atoms with Crippen molar-refractivity contribution in [3.05, 3.63) is 72.1 Å². The van der Waals surface area contributed by atoms with Crippen LogP contribution in [0.5, 0.6) is 0 Å². The summed E-state index contributed by atoms with van der Waals surface area (Å²) < 4.78 is 32.8. The Morgan fingerprint density at radius 1 is 1.04 bits per heavy atom. The molecule has 2 aromatic heterocycles. The number of para-hydroxylation sites is 1. The highest BCUT2D eigenvalue weighted by molar-refractivity contribution is 8.00. The first-order valence-corrected chi connectivity index (χ1v) is 9.66. The standard InChI is InChI=1S/C18H12F2N4OS2/c19-12-7-5-11(6-8-12)16-21-13(9-25-16)10-26-18-24-23-17(27-18)22-15-4-2-1-3-14(15)20/h1-9H,10H2,(H,22,23). The van der Waals surface area contributed by atoms with E-state index < -0.39 is 0 Å². The number of halogens is 2. The lowest BCUT2D eigenvalue weighted by Crippen LogP contribution is -1.92. The average molecular weight is 402 g/mol. The first-order chi connectivity index (χ1) is 13.2. The van der Waals surface area contributed by atoms with E-state index in [2.05, 4.69) is 20.5 Å². The van der Waals surface area contributed by atoms with Crippen molar-refractivity contribution in [2.75, 3.05) is 5.32 Å². The minimum atomic E-state index is -0.349. The predicted octanol–water partition coefficient (Wildman–Crippen LogP) is 5.51. The van der Waals surface area contributed by atoms with E-state index >= 15 is 0 Å². The molecule has 27 heavy (non-hydrogen) atoms. The van der Waals surface area contributed by atoms with E-state index in [-0.39, 0.29) is 11.6 Å². The van der Waals surface area contributed by atoms with Crippen LogP contribution in [0.2, 0.25) is 0 Å². The molecule has 0 unspecified atom stereocenters. The van der Waals surface area contributed by atoms with E-state index in [9.17, 15) is 8.78 Å². The molecule has 9 heteroatoms. The van der Waals surface area contributed by atoms with Crippen molar-refractivity contribution in [1.29, 1.82) is 0 Å². The van der Waals surface area contributed by atoms with Gasteiger partial charge in [0.25, 0.3) is 0 Å². The summed E-state index contributed by atoms with van der Waals surface area (Å²) in [7, 11) is 0. The minimum Gasteiger partial charge on any atom is -0.444 e. The van der Waals surface area contributed by atoms with Crippen LogP contribution < -0.4 is 5.32 Å². The zero-order valence-electron chi connectivity index (χ0n) is 13.7. The largest absolute Gasteiger partial charge is 0.444 e. The molecule has 0 spiro atoms. The van der Waals surface area contributed by atoms with Crippen molar-refractivity contribution in [1.82, 2.24) is 15.2 Å². The second-order valence-electron chi connectivity index (χ2n) is 5.42. The Bertz CT molecular complexity index is 1050. The van der Waals surface area contributed by atoms with Gasteiger partial charge in [-0.3, -0.25) is 0 Å². The molecule has 0 saturated carbocycles. The summed E-state index contributed by atoms with van der Waals surface area (Å²) in [6.45, 7) is 0. The molecule has 5 nitrogen and oxygen atoms in total. The molecule has 0 amide bonds. The van der Waals surface area contributed by atoms with E-state index in [0.717, 1.165) is 10.0 Å². The summed E-state index contributed by atoms with van der Waals surface area (Å²) in [5, 5.41) is 11.5. The third kappa shape index (κ3) is 4.32. The number of nitrogens with zero attached hydrogens (tertiary/aromatic N) is 3. The lowest BCUT2D eigenvalue weighted by atomic mass is 10.2. The van der Waals surface area contributed by atoms with E-state index in [1.165, 1.54) is 41.3 Å². The van der Waals surface area contributed by atoms with Gasteiger partial charge in [0.1, 0.15) is 17.9 Å². The number of rotatable bonds is 6. The Labute approximate surface area is 161 Å². The molecule has 4 rings (SSSR count). The summed E-state index contributed by atoms with van der Waals surface area (Å²) in [4.78, 5) is 4.39. The summed E-state index contributed by atoms with van der Waals surface area (Å²) in [5.74, 6) is 0.318. The van der Waals surface area contributed by atoms with E-state index in [4.69, 9.17) is 4.42 Å². The highest BCUT2D eigenvalue weighted by Crippen LogP contribution is 2.31. The Hall–Kier alpha value is -2.78. The number of hydrogen-bond acceptors (Lipinski definition) is 7. The molecule has 2 aromatic carbocycles. The Balaban J connectivity index is 1.38. The molecule has 0 atom stereocenters. The van der Waals surface area contributed by atoms with E-state index in [1.54, 1.807) is 36.6 Å². The van der Waals surface area contributed by atoms with Crippen LogP contribution in [0.4, 0.5) is 19.6 Å². The van der Waals surface area contributed by atoms with Crippen LogP contribution >= 0.6 is 23.1 Å². The summed E-state index contributed by atoms with van der Waals surface area (Å²) in [6, 6.07) is 12.3. The topological polar surface area (TPSA) is 63.8 Å². The fourth-order valence-corrected chi connectivity index (χ4v) is 3.87. The van der Waals surface area contributed by atoms with Crippen molar-refractivity contribution in [2.24, 2.45) is 0 Å². The molecule has 4 aromatic rings. The monoisotopic (exact) mass is 402 g/mol. The normalized spacial score (nSPS) is 10.9. The maximum absolute atomic E-state index is 13.7. The van der Waals surface area contributed by atoms with Gasteiger partial charge < -0.3 is 9.73 Å². The molecular formula is C18H12F2N4OS2. The number of nitrogens with one attached hydrogen (secondary N) is 1. The first-order valence-electron chi connectivity index (χ1n) is 7.85. The smallest absolute Gasteiger partial charge is 0.226 e. The highest BCUT2D eigenvalue weighted by Gasteiger charge is 2.11. The number of thioether (sulfide) groups is 1. The second kappa shape index (κ2) is 7.85. The van der Waals surface area contributed by atoms with Crippen LogP contribution in [0.3, 0.4) is 0 Å². The quantitative estimate of drug-likeness (QED) is 0.429. The molecule has 0 bridgehead atoms. The number of oxazole rings is 1. The van der Waals surface area contributed by atoms with Gasteiger partial charge in [-0.2, -0.15) is 0 Å². The highest BCUT2D eigenvalue weighted by atomic mass is 32.2. The second-order valence-corrected chi connectivity index (χ2v) is 7.62. The maximum Gasteiger partial charge on any atom is 0.226 e. The van der Waals surface area contributed by atoms with Gasteiger partial charge in [-0.05, 0) is 36.4 Å². The fourth-order valence-electron chi connectivity index (χ4n) is 2.23. The summed E-state index contributed by atoms with van der Waals surface area (Å²) in [6.07, 6.45) is 1.56. The SMILES string of the molecule is Fc1ccc(-c2nc(CSc3nnc(Nc4ccccc4F)s3)co2)cc1. The zero-order chi connectivity index (χ0) is 18.6. The van der Waals surface area contributed by atoms with Crippen LogP contribution in [0.15, 0.2) is 63.6 Å². The molecular weight excluding hydrogens is 390 g/mol. The molecule has 0 aliphatic carbocycles. The van der Waals surface area contributed by atoms with E-state index in [1.807, 2.05) is 0 Å². The van der Waals surface area contributed by atoms with Crippen molar-refractivity contribution in [2.45, 2.75) is 10.1 Å². The van der Waals surface area contributed by atoms with Crippen LogP contribution in [-0.4, -0.2) is 15.2 Å². The molecule has 0 fully saturated rings. The summed E-state index contributed by atoms with van der Waals surface area (Å²) >= 11 is 2.77. The van der Waals surface area contributed by atoms with Crippen molar-refractivity contribution in [3.63, 3.8) is 0 Å². The lowest BCUT2D eigenvalue weighted by Gasteiger charge is -2.01. The molecule has 136 valence electrons. The predicted molar refractivity (Wildman–Crippen MR) is 101 cm³/mol. The Kier molecular flexibility index (Phi) is 5.12. The van der Waals surface area contributed by atoms with Crippen molar-refractivity contribution in [3.8, 4) is 11.5 Å². The number of benzene rings is 2. The van der Waals surface area contributed by atoms with E-state index in [0.29, 0.717) is 28.0 Å². The van der Waals surface area contributed by atoms with Gasteiger partial charge in [-0.1, -0.05) is 35.2 Å². The third-order valence-corrected chi connectivity index (χ3v) is 5.51. The Morgan fingerprint density at radius 3 is 2.67 bits per heavy atom. The molecule has 1 N–H and O–H groups in total. The van der Waals surface area contributed by atoms with Crippen LogP contribution in [0.25, 0.3) is 11.5 Å². The number of aromatic nitrogens is 3. The van der Waals surface area contributed by atoms with Crippen LogP contribution in [0, 0.1) is 11.6 Å². The first kappa shape index (κ1) is 17.6. The van der Waals surface area contributed by atoms with Crippen molar-refractivity contribution >= 4 is 33.9 Å².